The molecular weight excluding hydrogens is 417 g/mol. The standard InChI is InChI=1S/C17H27N5O.HI/c1-6-18-17(19-11-15-8-7-9-23-15)20-12(2)10-16-13(3)21-22(5)14(16)4;/h7-9,12H,6,10-11H2,1-5H3,(H2,18,19,20);1H. The predicted molar refractivity (Wildman–Crippen MR) is 108 cm³/mol. The number of guanidine groups is 1. The van der Waals surface area contributed by atoms with Gasteiger partial charge in [-0.3, -0.25) is 4.68 Å². The van der Waals surface area contributed by atoms with E-state index in [1.807, 2.05) is 23.9 Å². The van der Waals surface area contributed by atoms with E-state index < -0.39 is 0 Å². The highest BCUT2D eigenvalue weighted by molar-refractivity contribution is 14.0. The van der Waals surface area contributed by atoms with Gasteiger partial charge in [-0.15, -0.1) is 24.0 Å². The summed E-state index contributed by atoms with van der Waals surface area (Å²) in [6.07, 6.45) is 2.58. The fourth-order valence-corrected chi connectivity index (χ4v) is 2.58. The summed E-state index contributed by atoms with van der Waals surface area (Å²) >= 11 is 0. The second-order valence-corrected chi connectivity index (χ2v) is 5.80. The maximum absolute atomic E-state index is 5.32. The molecule has 0 aliphatic rings. The van der Waals surface area contributed by atoms with Gasteiger partial charge in [0.2, 0.25) is 0 Å². The summed E-state index contributed by atoms with van der Waals surface area (Å²) in [5.74, 6) is 1.66. The Labute approximate surface area is 161 Å². The summed E-state index contributed by atoms with van der Waals surface area (Å²) in [6, 6.07) is 4.06. The average Bonchev–Trinajstić information content (AvgIpc) is 3.10. The number of furan rings is 1. The molecule has 2 aromatic rings. The summed E-state index contributed by atoms with van der Waals surface area (Å²) in [5.41, 5.74) is 3.61. The zero-order valence-electron chi connectivity index (χ0n) is 15.1. The topological polar surface area (TPSA) is 67.4 Å². The van der Waals surface area contributed by atoms with Crippen LogP contribution in [0.25, 0.3) is 0 Å². The molecule has 0 saturated heterocycles. The Balaban J connectivity index is 0.00000288. The van der Waals surface area contributed by atoms with Gasteiger partial charge in [0.1, 0.15) is 12.3 Å². The van der Waals surface area contributed by atoms with Crippen LogP contribution in [0.1, 0.15) is 36.6 Å². The van der Waals surface area contributed by atoms with Gasteiger partial charge < -0.3 is 15.1 Å². The molecule has 0 amide bonds. The van der Waals surface area contributed by atoms with Crippen molar-refractivity contribution in [3.63, 3.8) is 0 Å². The van der Waals surface area contributed by atoms with Gasteiger partial charge >= 0.3 is 0 Å². The Morgan fingerprint density at radius 1 is 1.42 bits per heavy atom. The van der Waals surface area contributed by atoms with Crippen molar-refractivity contribution in [3.8, 4) is 0 Å². The second-order valence-electron chi connectivity index (χ2n) is 5.80. The molecular formula is C17H28IN5O. The molecule has 0 saturated carbocycles. The van der Waals surface area contributed by atoms with Crippen molar-refractivity contribution in [2.75, 3.05) is 6.54 Å². The van der Waals surface area contributed by atoms with Crippen LogP contribution < -0.4 is 10.6 Å². The molecule has 134 valence electrons. The summed E-state index contributed by atoms with van der Waals surface area (Å²) in [7, 11) is 1.98. The molecule has 0 fully saturated rings. The minimum Gasteiger partial charge on any atom is -0.467 e. The van der Waals surface area contributed by atoms with Crippen LogP contribution in [0.15, 0.2) is 27.8 Å². The first-order valence-electron chi connectivity index (χ1n) is 8.07. The first kappa shape index (κ1) is 20.5. The minimum absolute atomic E-state index is 0. The van der Waals surface area contributed by atoms with Crippen LogP contribution in [-0.2, 0) is 20.0 Å². The molecule has 0 aliphatic heterocycles. The lowest BCUT2D eigenvalue weighted by molar-refractivity contribution is 0.511. The number of rotatable bonds is 6. The van der Waals surface area contributed by atoms with E-state index in [0.29, 0.717) is 6.54 Å². The van der Waals surface area contributed by atoms with E-state index in [2.05, 4.69) is 48.4 Å². The Morgan fingerprint density at radius 3 is 2.71 bits per heavy atom. The van der Waals surface area contributed by atoms with Crippen LogP contribution in [0.4, 0.5) is 0 Å². The van der Waals surface area contributed by atoms with E-state index in [1.165, 1.54) is 11.3 Å². The van der Waals surface area contributed by atoms with Crippen molar-refractivity contribution in [3.05, 3.63) is 41.1 Å². The number of aromatic nitrogens is 2. The second kappa shape index (κ2) is 9.71. The van der Waals surface area contributed by atoms with Crippen molar-refractivity contribution in [2.45, 2.75) is 46.7 Å². The lowest BCUT2D eigenvalue weighted by Crippen LogP contribution is -2.43. The molecule has 1 atom stereocenters. The summed E-state index contributed by atoms with van der Waals surface area (Å²) in [6.45, 7) is 9.74. The van der Waals surface area contributed by atoms with Crippen LogP contribution in [-0.4, -0.2) is 28.3 Å². The number of aliphatic imine (C=N–C) groups is 1. The Bertz CT molecular complexity index is 648. The fraction of sp³-hybridized carbons (Fsp3) is 0.529. The molecule has 0 spiro atoms. The fourth-order valence-electron chi connectivity index (χ4n) is 2.58. The third-order valence-electron chi connectivity index (χ3n) is 3.87. The predicted octanol–water partition coefficient (Wildman–Crippen LogP) is 2.93. The highest BCUT2D eigenvalue weighted by Gasteiger charge is 2.14. The van der Waals surface area contributed by atoms with Gasteiger partial charge in [-0.25, -0.2) is 4.99 Å². The molecule has 2 heterocycles. The van der Waals surface area contributed by atoms with E-state index in [9.17, 15) is 0 Å². The monoisotopic (exact) mass is 445 g/mol. The largest absolute Gasteiger partial charge is 0.467 e. The Hall–Kier alpha value is -1.51. The maximum atomic E-state index is 5.32. The number of hydrogen-bond donors (Lipinski definition) is 2. The molecule has 0 radical (unpaired) electrons. The zero-order valence-corrected chi connectivity index (χ0v) is 17.4. The lowest BCUT2D eigenvalue weighted by atomic mass is 10.1. The molecule has 2 rings (SSSR count). The smallest absolute Gasteiger partial charge is 0.191 e. The zero-order chi connectivity index (χ0) is 16.8. The van der Waals surface area contributed by atoms with E-state index in [4.69, 9.17) is 4.42 Å². The molecule has 7 heteroatoms. The molecule has 2 aromatic heterocycles. The van der Waals surface area contributed by atoms with Gasteiger partial charge in [-0.1, -0.05) is 0 Å². The summed E-state index contributed by atoms with van der Waals surface area (Å²) in [4.78, 5) is 4.57. The SMILES string of the molecule is CCNC(=NCc1ccco1)NC(C)Cc1c(C)nn(C)c1C.I. The van der Waals surface area contributed by atoms with Crippen LogP contribution in [0, 0.1) is 13.8 Å². The van der Waals surface area contributed by atoms with Crippen LogP contribution in [0.5, 0.6) is 0 Å². The van der Waals surface area contributed by atoms with Gasteiger partial charge in [0.25, 0.3) is 0 Å². The molecule has 0 aliphatic carbocycles. The summed E-state index contributed by atoms with van der Waals surface area (Å²) < 4.78 is 7.26. The van der Waals surface area contributed by atoms with E-state index in [1.54, 1.807) is 6.26 Å². The Kier molecular flexibility index (Phi) is 8.30. The van der Waals surface area contributed by atoms with Gasteiger partial charge in [-0.05, 0) is 51.8 Å². The molecule has 0 aromatic carbocycles. The van der Waals surface area contributed by atoms with Crippen molar-refractivity contribution >= 4 is 29.9 Å². The van der Waals surface area contributed by atoms with Gasteiger partial charge in [0.15, 0.2) is 5.96 Å². The molecule has 6 nitrogen and oxygen atoms in total. The van der Waals surface area contributed by atoms with E-state index in [0.717, 1.165) is 30.4 Å². The summed E-state index contributed by atoms with van der Waals surface area (Å²) in [5, 5.41) is 11.2. The van der Waals surface area contributed by atoms with Crippen molar-refractivity contribution < 1.29 is 4.42 Å². The van der Waals surface area contributed by atoms with Crippen molar-refractivity contribution in [2.24, 2.45) is 12.0 Å². The van der Waals surface area contributed by atoms with E-state index in [-0.39, 0.29) is 30.0 Å². The van der Waals surface area contributed by atoms with E-state index >= 15 is 0 Å². The highest BCUT2D eigenvalue weighted by Crippen LogP contribution is 2.14. The van der Waals surface area contributed by atoms with Crippen molar-refractivity contribution in [1.29, 1.82) is 0 Å². The molecule has 1 unspecified atom stereocenters. The van der Waals surface area contributed by atoms with Crippen LogP contribution in [0.3, 0.4) is 0 Å². The number of hydrogen-bond acceptors (Lipinski definition) is 3. The van der Waals surface area contributed by atoms with Crippen LogP contribution in [0.2, 0.25) is 0 Å². The van der Waals surface area contributed by atoms with Gasteiger partial charge in [-0.2, -0.15) is 5.10 Å². The minimum atomic E-state index is 0. The average molecular weight is 445 g/mol. The van der Waals surface area contributed by atoms with Gasteiger partial charge in [0, 0.05) is 25.3 Å². The molecule has 0 bridgehead atoms. The first-order valence-corrected chi connectivity index (χ1v) is 8.07. The number of nitrogens with zero attached hydrogens (tertiary/aromatic N) is 3. The molecule has 24 heavy (non-hydrogen) atoms. The Morgan fingerprint density at radius 2 is 2.17 bits per heavy atom. The quantitative estimate of drug-likeness (QED) is 0.408. The number of nitrogens with one attached hydrogen (secondary N) is 2. The lowest BCUT2D eigenvalue weighted by Gasteiger charge is -2.18. The van der Waals surface area contributed by atoms with Crippen LogP contribution >= 0.6 is 24.0 Å². The molecule has 2 N–H and O–H groups in total. The third-order valence-corrected chi connectivity index (χ3v) is 3.87. The number of aryl methyl sites for hydroxylation is 2. The highest BCUT2D eigenvalue weighted by atomic mass is 127. The normalized spacial score (nSPS) is 12.6. The maximum Gasteiger partial charge on any atom is 0.191 e. The number of halogens is 1. The first-order chi connectivity index (χ1) is 11.0. The van der Waals surface area contributed by atoms with Crippen molar-refractivity contribution in [1.82, 2.24) is 20.4 Å². The third kappa shape index (κ3) is 5.54. The van der Waals surface area contributed by atoms with Gasteiger partial charge in [0.05, 0.1) is 12.0 Å².